The summed E-state index contributed by atoms with van der Waals surface area (Å²) < 4.78 is 13.9. The van der Waals surface area contributed by atoms with Crippen molar-refractivity contribution in [2.45, 2.75) is 70.6 Å². The van der Waals surface area contributed by atoms with E-state index in [1.165, 1.54) is 13.5 Å². The molecule has 1 aliphatic carbocycles. The molecule has 7 heteroatoms. The van der Waals surface area contributed by atoms with E-state index in [0.717, 1.165) is 73.3 Å². The van der Waals surface area contributed by atoms with Crippen molar-refractivity contribution in [3.05, 3.63) is 30.1 Å². The number of ether oxygens (including phenoxy) is 2. The van der Waals surface area contributed by atoms with E-state index in [0.29, 0.717) is 12.0 Å². The second-order valence-electron chi connectivity index (χ2n) is 10.1. The Balaban J connectivity index is 1.53. The minimum Gasteiger partial charge on any atom is -0.489 e. The third-order valence-electron chi connectivity index (χ3n) is 7.77. The lowest BCUT2D eigenvalue weighted by molar-refractivity contribution is 0.119. The lowest BCUT2D eigenvalue weighted by atomic mass is 9.91. The maximum atomic E-state index is 12.6. The Hall–Kier alpha value is -2.54. The molecule has 7 nitrogen and oxygen atoms in total. The highest BCUT2D eigenvalue weighted by molar-refractivity contribution is 5.92. The van der Waals surface area contributed by atoms with Crippen LogP contribution in [0.2, 0.25) is 0 Å². The van der Waals surface area contributed by atoms with Crippen LogP contribution in [0.3, 0.4) is 0 Å². The average Bonchev–Trinajstić information content (AvgIpc) is 3.25. The molecule has 1 amide bonds. The predicted molar refractivity (Wildman–Crippen MR) is 129 cm³/mol. The fourth-order valence-electron chi connectivity index (χ4n) is 5.59. The van der Waals surface area contributed by atoms with Crippen LogP contribution in [0.1, 0.15) is 57.6 Å². The fraction of sp³-hybridized carbons (Fsp3) is 0.615. The normalized spacial score (nSPS) is 25.9. The van der Waals surface area contributed by atoms with Crippen LogP contribution in [0.5, 0.6) is 5.75 Å². The molecule has 3 aliphatic rings. The van der Waals surface area contributed by atoms with Crippen molar-refractivity contribution in [1.82, 2.24) is 14.7 Å². The van der Waals surface area contributed by atoms with Crippen molar-refractivity contribution in [3.8, 4) is 16.9 Å². The van der Waals surface area contributed by atoms with Gasteiger partial charge < -0.3 is 14.4 Å². The Morgan fingerprint density at radius 3 is 2.67 bits per heavy atom. The number of likely N-dealkylation sites (tertiary alicyclic amines) is 1. The van der Waals surface area contributed by atoms with Crippen LogP contribution in [0, 0.1) is 5.92 Å². The van der Waals surface area contributed by atoms with Gasteiger partial charge in [0.2, 0.25) is 0 Å². The molecule has 33 heavy (non-hydrogen) atoms. The molecule has 3 atom stereocenters. The Kier molecular flexibility index (Phi) is 6.08. The molecule has 5 rings (SSSR count). The first-order chi connectivity index (χ1) is 16.0. The Bertz CT molecular complexity index is 1010. The van der Waals surface area contributed by atoms with Crippen LogP contribution in [0.15, 0.2) is 24.5 Å². The second kappa shape index (κ2) is 9.01. The molecular formula is C26H36N4O3. The SMILES string of the molecule is COC(=O)N1c2ccc(-c3cnn(C4CCN(C)CC4C)c3)c(OC3CCC3)c2CC[C@@H]1C. The van der Waals surface area contributed by atoms with Crippen molar-refractivity contribution in [2.75, 3.05) is 32.1 Å². The van der Waals surface area contributed by atoms with Crippen molar-refractivity contribution < 1.29 is 14.3 Å². The van der Waals surface area contributed by atoms with Gasteiger partial charge in [-0.15, -0.1) is 0 Å². The molecule has 2 aliphatic heterocycles. The first-order valence-electron chi connectivity index (χ1n) is 12.4. The van der Waals surface area contributed by atoms with Crippen LogP contribution in [0.4, 0.5) is 10.5 Å². The number of hydrogen-bond donors (Lipinski definition) is 0. The standard InChI is InChI=1S/C26H36N4O3/c1-17-15-28(3)13-12-23(17)29-16-19(14-27-29)21-10-11-24-22(25(21)33-20-6-5-7-20)9-8-18(2)30(24)26(31)32-4/h10-11,14,16-18,20,23H,5-9,12-13,15H2,1-4H3/t17?,18-,23?/m0/s1. The zero-order chi connectivity index (χ0) is 23.1. The van der Waals surface area contributed by atoms with E-state index < -0.39 is 0 Å². The monoisotopic (exact) mass is 452 g/mol. The van der Waals surface area contributed by atoms with Gasteiger partial charge in [-0.3, -0.25) is 9.58 Å². The van der Waals surface area contributed by atoms with Crippen LogP contribution >= 0.6 is 0 Å². The third-order valence-corrected chi connectivity index (χ3v) is 7.77. The van der Waals surface area contributed by atoms with Gasteiger partial charge in [-0.2, -0.15) is 5.10 Å². The van der Waals surface area contributed by atoms with Crippen molar-refractivity contribution >= 4 is 11.8 Å². The predicted octanol–water partition coefficient (Wildman–Crippen LogP) is 4.90. The van der Waals surface area contributed by atoms with E-state index in [2.05, 4.69) is 48.8 Å². The van der Waals surface area contributed by atoms with E-state index in [4.69, 9.17) is 14.6 Å². The number of piperidine rings is 1. The number of benzene rings is 1. The van der Waals surface area contributed by atoms with Gasteiger partial charge in [0.15, 0.2) is 0 Å². The summed E-state index contributed by atoms with van der Waals surface area (Å²) in [5.41, 5.74) is 4.19. The molecule has 0 N–H and O–H groups in total. The summed E-state index contributed by atoms with van der Waals surface area (Å²) >= 11 is 0. The number of anilines is 1. The number of methoxy groups -OCH3 is 1. The number of nitrogens with zero attached hydrogens (tertiary/aromatic N) is 4. The molecule has 2 aromatic rings. The topological polar surface area (TPSA) is 59.8 Å². The highest BCUT2D eigenvalue weighted by Crippen LogP contribution is 2.45. The van der Waals surface area contributed by atoms with Gasteiger partial charge in [0, 0.05) is 35.5 Å². The fourth-order valence-corrected chi connectivity index (χ4v) is 5.59. The molecule has 3 heterocycles. The molecule has 2 unspecified atom stereocenters. The summed E-state index contributed by atoms with van der Waals surface area (Å²) in [7, 11) is 3.64. The Morgan fingerprint density at radius 2 is 1.97 bits per heavy atom. The van der Waals surface area contributed by atoms with Gasteiger partial charge in [0.05, 0.1) is 31.1 Å². The summed E-state index contributed by atoms with van der Waals surface area (Å²) in [5.74, 6) is 1.48. The zero-order valence-electron chi connectivity index (χ0n) is 20.3. The molecule has 178 valence electrons. The Labute approximate surface area is 196 Å². The summed E-state index contributed by atoms with van der Waals surface area (Å²) in [4.78, 5) is 16.7. The van der Waals surface area contributed by atoms with Gasteiger partial charge in [0.1, 0.15) is 5.75 Å². The minimum atomic E-state index is -0.310. The van der Waals surface area contributed by atoms with E-state index in [1.54, 1.807) is 4.90 Å². The number of rotatable bonds is 4. The number of hydrogen-bond acceptors (Lipinski definition) is 5. The molecular weight excluding hydrogens is 416 g/mol. The molecule has 1 aromatic heterocycles. The number of aromatic nitrogens is 2. The van der Waals surface area contributed by atoms with Gasteiger partial charge in [0.25, 0.3) is 0 Å². The lowest BCUT2D eigenvalue weighted by Crippen LogP contribution is -2.42. The lowest BCUT2D eigenvalue weighted by Gasteiger charge is -2.37. The van der Waals surface area contributed by atoms with Gasteiger partial charge >= 0.3 is 6.09 Å². The van der Waals surface area contributed by atoms with Gasteiger partial charge in [-0.1, -0.05) is 6.92 Å². The summed E-state index contributed by atoms with van der Waals surface area (Å²) in [6.07, 6.45) is 10.4. The van der Waals surface area contributed by atoms with E-state index in [-0.39, 0.29) is 18.2 Å². The molecule has 1 aromatic carbocycles. The number of carbonyl (C=O) groups excluding carboxylic acids is 1. The van der Waals surface area contributed by atoms with Crippen molar-refractivity contribution in [3.63, 3.8) is 0 Å². The van der Waals surface area contributed by atoms with Crippen LogP contribution in [-0.4, -0.2) is 60.2 Å². The third kappa shape index (κ3) is 4.12. The quantitative estimate of drug-likeness (QED) is 0.660. The molecule has 2 fully saturated rings. The van der Waals surface area contributed by atoms with E-state index in [9.17, 15) is 4.79 Å². The first kappa shape index (κ1) is 22.3. The molecule has 0 radical (unpaired) electrons. The van der Waals surface area contributed by atoms with Crippen LogP contribution in [0.25, 0.3) is 11.1 Å². The van der Waals surface area contributed by atoms with E-state index in [1.807, 2.05) is 6.20 Å². The van der Waals surface area contributed by atoms with Crippen molar-refractivity contribution in [2.24, 2.45) is 5.92 Å². The summed E-state index contributed by atoms with van der Waals surface area (Å²) in [6.45, 7) is 6.58. The maximum absolute atomic E-state index is 12.6. The smallest absolute Gasteiger partial charge is 0.414 e. The maximum Gasteiger partial charge on any atom is 0.414 e. The number of fused-ring (bicyclic) bond motifs is 1. The number of carbonyl (C=O) groups is 1. The minimum absolute atomic E-state index is 0.0982. The molecule has 0 bridgehead atoms. The molecule has 1 saturated carbocycles. The van der Waals surface area contributed by atoms with Gasteiger partial charge in [-0.25, -0.2) is 4.79 Å². The summed E-state index contributed by atoms with van der Waals surface area (Å²) in [5, 5.41) is 4.78. The first-order valence-corrected chi connectivity index (χ1v) is 12.4. The number of amides is 1. The van der Waals surface area contributed by atoms with E-state index >= 15 is 0 Å². The zero-order valence-corrected chi connectivity index (χ0v) is 20.3. The molecule has 0 spiro atoms. The summed E-state index contributed by atoms with van der Waals surface area (Å²) in [6, 6.07) is 4.67. The van der Waals surface area contributed by atoms with Crippen LogP contribution < -0.4 is 9.64 Å². The van der Waals surface area contributed by atoms with Gasteiger partial charge in [-0.05, 0) is 77.1 Å². The highest BCUT2D eigenvalue weighted by atomic mass is 16.5. The second-order valence-corrected chi connectivity index (χ2v) is 10.1. The molecule has 1 saturated heterocycles. The van der Waals surface area contributed by atoms with Crippen molar-refractivity contribution in [1.29, 1.82) is 0 Å². The largest absolute Gasteiger partial charge is 0.489 e. The Morgan fingerprint density at radius 1 is 1.15 bits per heavy atom. The highest BCUT2D eigenvalue weighted by Gasteiger charge is 2.34. The van der Waals surface area contributed by atoms with Crippen LogP contribution in [-0.2, 0) is 11.2 Å². The average molecular weight is 453 g/mol.